The Morgan fingerprint density at radius 1 is 1.23 bits per heavy atom. The predicted octanol–water partition coefficient (Wildman–Crippen LogP) is 2.25. The van der Waals surface area contributed by atoms with Gasteiger partial charge in [-0.1, -0.05) is 6.07 Å². The second-order valence-electron chi connectivity index (χ2n) is 5.38. The highest BCUT2D eigenvalue weighted by atomic mass is 32.2. The van der Waals surface area contributed by atoms with Gasteiger partial charge in [0.1, 0.15) is 5.75 Å². The summed E-state index contributed by atoms with van der Waals surface area (Å²) in [5.41, 5.74) is 0.429. The lowest BCUT2D eigenvalue weighted by Gasteiger charge is -2.18. The molecule has 0 spiro atoms. The molecule has 0 aliphatic carbocycles. The van der Waals surface area contributed by atoms with Crippen molar-refractivity contribution in [1.82, 2.24) is 0 Å². The zero-order valence-corrected chi connectivity index (χ0v) is 15.1. The Hall–Kier alpha value is -3.14. The van der Waals surface area contributed by atoms with Gasteiger partial charge in [-0.15, -0.1) is 0 Å². The second-order valence-corrected chi connectivity index (χ2v) is 7.39. The monoisotopic (exact) mass is 379 g/mol. The van der Waals surface area contributed by atoms with E-state index in [0.717, 1.165) is 10.6 Å². The first-order chi connectivity index (χ1) is 12.1. The molecule has 2 aromatic carbocycles. The van der Waals surface area contributed by atoms with Crippen LogP contribution in [0, 0.1) is 10.1 Å². The fourth-order valence-electron chi connectivity index (χ4n) is 2.16. The number of non-ortho nitro benzene ring substituents is 1. The smallest absolute Gasteiger partial charge is 0.271 e. The molecule has 0 saturated carbocycles. The molecule has 0 bridgehead atoms. The van der Waals surface area contributed by atoms with Crippen molar-refractivity contribution in [3.8, 4) is 5.75 Å². The van der Waals surface area contributed by atoms with Gasteiger partial charge in [0.25, 0.3) is 11.6 Å². The van der Waals surface area contributed by atoms with Gasteiger partial charge in [-0.25, -0.2) is 8.42 Å². The van der Waals surface area contributed by atoms with Crippen molar-refractivity contribution in [1.29, 1.82) is 0 Å². The van der Waals surface area contributed by atoms with E-state index < -0.39 is 20.9 Å². The third-order valence-corrected chi connectivity index (χ3v) is 4.81. The highest BCUT2D eigenvalue weighted by molar-refractivity contribution is 7.92. The van der Waals surface area contributed by atoms with Gasteiger partial charge < -0.3 is 10.1 Å². The number of nitrogens with zero attached hydrogens (tertiary/aromatic N) is 2. The number of anilines is 2. The van der Waals surface area contributed by atoms with Crippen LogP contribution in [0.3, 0.4) is 0 Å². The SMILES string of the molecule is COc1ccc(N(C)S(C)(=O)=O)cc1C(=O)Nc1cccc([N+](=O)[O-])c1. The van der Waals surface area contributed by atoms with E-state index in [4.69, 9.17) is 4.74 Å². The lowest BCUT2D eigenvalue weighted by Crippen LogP contribution is -2.25. The molecule has 0 aromatic heterocycles. The third-order valence-electron chi connectivity index (χ3n) is 3.60. The Morgan fingerprint density at radius 3 is 2.50 bits per heavy atom. The van der Waals surface area contributed by atoms with E-state index in [-0.39, 0.29) is 28.4 Å². The van der Waals surface area contributed by atoms with Crippen molar-refractivity contribution >= 4 is 33.0 Å². The summed E-state index contributed by atoms with van der Waals surface area (Å²) in [7, 11) is -0.771. The first-order valence-corrected chi connectivity index (χ1v) is 9.16. The van der Waals surface area contributed by atoms with Crippen molar-refractivity contribution < 1.29 is 22.9 Å². The maximum Gasteiger partial charge on any atom is 0.271 e. The van der Waals surface area contributed by atoms with Gasteiger partial charge in [-0.2, -0.15) is 0 Å². The highest BCUT2D eigenvalue weighted by Gasteiger charge is 2.18. The molecule has 2 aromatic rings. The van der Waals surface area contributed by atoms with Crippen molar-refractivity contribution in [3.63, 3.8) is 0 Å². The number of sulfonamides is 1. The van der Waals surface area contributed by atoms with E-state index in [2.05, 4.69) is 5.32 Å². The topological polar surface area (TPSA) is 119 Å². The van der Waals surface area contributed by atoms with Crippen molar-refractivity contribution in [2.75, 3.05) is 30.0 Å². The van der Waals surface area contributed by atoms with Crippen LogP contribution in [0.15, 0.2) is 42.5 Å². The zero-order chi connectivity index (χ0) is 19.5. The molecule has 0 aliphatic rings. The Bertz CT molecular complexity index is 958. The Kier molecular flexibility index (Phi) is 5.46. The van der Waals surface area contributed by atoms with Gasteiger partial charge in [0.15, 0.2) is 0 Å². The quantitative estimate of drug-likeness (QED) is 0.607. The second kappa shape index (κ2) is 7.40. The maximum absolute atomic E-state index is 12.6. The molecular weight excluding hydrogens is 362 g/mol. The van der Waals surface area contributed by atoms with Crippen LogP contribution >= 0.6 is 0 Å². The average molecular weight is 379 g/mol. The largest absolute Gasteiger partial charge is 0.496 e. The summed E-state index contributed by atoms with van der Waals surface area (Å²) in [5.74, 6) is -0.357. The lowest BCUT2D eigenvalue weighted by atomic mass is 10.1. The van der Waals surface area contributed by atoms with Crippen LogP contribution in [-0.4, -0.2) is 39.7 Å². The summed E-state index contributed by atoms with van der Waals surface area (Å²) in [6, 6.07) is 9.81. The number of rotatable bonds is 6. The van der Waals surface area contributed by atoms with Gasteiger partial charge in [-0.05, 0) is 24.3 Å². The highest BCUT2D eigenvalue weighted by Crippen LogP contribution is 2.27. The Balaban J connectivity index is 2.38. The molecule has 138 valence electrons. The Morgan fingerprint density at radius 2 is 1.92 bits per heavy atom. The minimum atomic E-state index is -3.51. The first-order valence-electron chi connectivity index (χ1n) is 7.31. The summed E-state index contributed by atoms with van der Waals surface area (Å²) in [6.07, 6.45) is 1.04. The number of benzene rings is 2. The number of ether oxygens (including phenoxy) is 1. The number of nitro groups is 1. The number of amides is 1. The number of carbonyl (C=O) groups excluding carboxylic acids is 1. The molecule has 0 atom stereocenters. The summed E-state index contributed by atoms with van der Waals surface area (Å²) in [6.45, 7) is 0. The van der Waals surface area contributed by atoms with E-state index >= 15 is 0 Å². The maximum atomic E-state index is 12.6. The zero-order valence-electron chi connectivity index (χ0n) is 14.3. The van der Waals surface area contributed by atoms with Crippen LogP contribution in [0.1, 0.15) is 10.4 Å². The molecule has 0 saturated heterocycles. The van der Waals surface area contributed by atoms with Crippen LogP contribution in [0.4, 0.5) is 17.1 Å². The molecule has 2 rings (SSSR count). The number of hydrogen-bond acceptors (Lipinski definition) is 6. The average Bonchev–Trinajstić information content (AvgIpc) is 2.59. The molecule has 1 amide bonds. The van der Waals surface area contributed by atoms with E-state index in [1.54, 1.807) is 0 Å². The fraction of sp³-hybridized carbons (Fsp3) is 0.188. The van der Waals surface area contributed by atoms with E-state index in [9.17, 15) is 23.3 Å². The molecule has 9 nitrogen and oxygen atoms in total. The van der Waals surface area contributed by atoms with Gasteiger partial charge in [-0.3, -0.25) is 19.2 Å². The molecule has 0 aliphatic heterocycles. The summed E-state index contributed by atoms with van der Waals surface area (Å²) in [5, 5.41) is 13.4. The van der Waals surface area contributed by atoms with Gasteiger partial charge >= 0.3 is 0 Å². The summed E-state index contributed by atoms with van der Waals surface area (Å²) < 4.78 is 29.6. The summed E-state index contributed by atoms with van der Waals surface area (Å²) in [4.78, 5) is 22.8. The number of carbonyl (C=O) groups is 1. The van der Waals surface area contributed by atoms with Crippen LogP contribution in [0.5, 0.6) is 5.75 Å². The van der Waals surface area contributed by atoms with E-state index in [1.807, 2.05) is 0 Å². The van der Waals surface area contributed by atoms with Gasteiger partial charge in [0.2, 0.25) is 10.0 Å². The number of hydrogen-bond donors (Lipinski definition) is 1. The van der Waals surface area contributed by atoms with Crippen molar-refractivity contribution in [2.45, 2.75) is 0 Å². The minimum Gasteiger partial charge on any atom is -0.496 e. The molecule has 0 heterocycles. The van der Waals surface area contributed by atoms with E-state index in [0.29, 0.717) is 0 Å². The third kappa shape index (κ3) is 4.28. The fourth-order valence-corrected chi connectivity index (χ4v) is 2.65. The molecular formula is C16H17N3O6S. The number of methoxy groups -OCH3 is 1. The van der Waals surface area contributed by atoms with Crippen LogP contribution in [-0.2, 0) is 10.0 Å². The number of nitro benzene ring substituents is 1. The lowest BCUT2D eigenvalue weighted by molar-refractivity contribution is -0.384. The Labute approximate surface area is 150 Å². The normalized spacial score (nSPS) is 10.9. The predicted molar refractivity (Wildman–Crippen MR) is 97.3 cm³/mol. The molecule has 26 heavy (non-hydrogen) atoms. The molecule has 0 unspecified atom stereocenters. The van der Waals surface area contributed by atoms with Crippen molar-refractivity contribution in [3.05, 3.63) is 58.1 Å². The van der Waals surface area contributed by atoms with Crippen LogP contribution < -0.4 is 14.4 Å². The standard InChI is InChI=1S/C16H17N3O6S/c1-18(26(3,23)24)12-7-8-15(25-2)14(10-12)16(20)17-11-5-4-6-13(9-11)19(21)22/h4-10H,1-3H3,(H,17,20). The van der Waals surface area contributed by atoms with Gasteiger partial charge in [0, 0.05) is 24.9 Å². The molecule has 0 fully saturated rings. The molecule has 0 radical (unpaired) electrons. The summed E-state index contributed by atoms with van der Waals surface area (Å²) >= 11 is 0. The van der Waals surface area contributed by atoms with Gasteiger partial charge in [0.05, 0.1) is 29.5 Å². The van der Waals surface area contributed by atoms with E-state index in [1.165, 1.54) is 56.6 Å². The molecule has 1 N–H and O–H groups in total. The van der Waals surface area contributed by atoms with Crippen molar-refractivity contribution in [2.24, 2.45) is 0 Å². The molecule has 10 heteroatoms. The minimum absolute atomic E-state index is 0.0898. The van der Waals surface area contributed by atoms with Crippen LogP contribution in [0.2, 0.25) is 0 Å². The number of nitrogens with one attached hydrogen (secondary N) is 1. The van der Waals surface area contributed by atoms with Crippen LogP contribution in [0.25, 0.3) is 0 Å². The first kappa shape index (κ1) is 19.2.